The Morgan fingerprint density at radius 2 is 1.57 bits per heavy atom. The summed E-state index contributed by atoms with van der Waals surface area (Å²) in [5.41, 5.74) is -0.433. The van der Waals surface area contributed by atoms with Gasteiger partial charge >= 0.3 is 5.97 Å². The fourth-order valence-corrected chi connectivity index (χ4v) is 2.38. The molecule has 0 fully saturated rings. The van der Waals surface area contributed by atoms with Crippen molar-refractivity contribution in [1.82, 2.24) is 0 Å². The summed E-state index contributed by atoms with van der Waals surface area (Å²) >= 11 is 0. The van der Waals surface area contributed by atoms with Crippen molar-refractivity contribution in [2.75, 3.05) is 0 Å². The highest BCUT2D eigenvalue weighted by atomic mass is 16.5. The molecule has 0 unspecified atom stereocenters. The zero-order chi connectivity index (χ0) is 17.0. The number of hydrogen-bond acceptors (Lipinski definition) is 3. The molecule has 0 heterocycles. The van der Waals surface area contributed by atoms with Crippen molar-refractivity contribution in [2.45, 2.75) is 53.6 Å². The van der Waals surface area contributed by atoms with Gasteiger partial charge in [-0.15, -0.1) is 0 Å². The van der Waals surface area contributed by atoms with Gasteiger partial charge in [0.25, 0.3) is 0 Å². The van der Waals surface area contributed by atoms with Crippen molar-refractivity contribution >= 4 is 16.7 Å². The zero-order valence-corrected chi connectivity index (χ0v) is 14.7. The minimum absolute atomic E-state index is 0.128. The summed E-state index contributed by atoms with van der Waals surface area (Å²) in [7, 11) is 0. The number of benzene rings is 2. The molecule has 0 amide bonds. The third-order valence-corrected chi connectivity index (χ3v) is 4.42. The van der Waals surface area contributed by atoms with Gasteiger partial charge < -0.3 is 9.47 Å². The van der Waals surface area contributed by atoms with Crippen molar-refractivity contribution in [3.05, 3.63) is 36.4 Å². The first kappa shape index (κ1) is 17.3. The molecule has 0 saturated heterocycles. The molecule has 0 bridgehead atoms. The molecule has 2 aromatic rings. The van der Waals surface area contributed by atoms with Crippen LogP contribution in [-0.2, 0) is 4.79 Å². The van der Waals surface area contributed by atoms with Crippen molar-refractivity contribution in [3.63, 3.8) is 0 Å². The van der Waals surface area contributed by atoms with Crippen molar-refractivity contribution < 1.29 is 14.3 Å². The summed E-state index contributed by atoms with van der Waals surface area (Å²) in [5.74, 6) is 1.23. The molecule has 0 atom stereocenters. The molecule has 0 aromatic heterocycles. The lowest BCUT2D eigenvalue weighted by atomic mass is 9.85. The number of fused-ring (bicyclic) bond motifs is 1. The predicted octanol–water partition coefficient (Wildman–Crippen LogP) is 5.36. The lowest BCUT2D eigenvalue weighted by Crippen LogP contribution is -2.30. The zero-order valence-electron chi connectivity index (χ0n) is 14.7. The maximum Gasteiger partial charge on any atom is 0.317 e. The van der Waals surface area contributed by atoms with Gasteiger partial charge in [-0.1, -0.05) is 26.0 Å². The number of esters is 1. The van der Waals surface area contributed by atoms with E-state index in [0.717, 1.165) is 29.4 Å². The van der Waals surface area contributed by atoms with E-state index in [9.17, 15) is 4.79 Å². The Hall–Kier alpha value is -2.03. The third-order valence-electron chi connectivity index (χ3n) is 4.42. The first-order valence-electron chi connectivity index (χ1n) is 8.30. The number of carbonyl (C=O) groups excluding carboxylic acids is 1. The standard InChI is InChI=1S/C20H26O3/c1-6-20(5,7-2)19(21)23-18-11-9-15-8-10-17(22-14(3)4)12-16(15)13-18/h8-14H,6-7H2,1-5H3. The van der Waals surface area contributed by atoms with Gasteiger partial charge in [0.05, 0.1) is 11.5 Å². The molecule has 0 radical (unpaired) electrons. The highest BCUT2D eigenvalue weighted by Crippen LogP contribution is 2.30. The van der Waals surface area contributed by atoms with Gasteiger partial charge in [0.1, 0.15) is 11.5 Å². The van der Waals surface area contributed by atoms with Gasteiger partial charge in [0, 0.05) is 0 Å². The highest BCUT2D eigenvalue weighted by Gasteiger charge is 2.31. The smallest absolute Gasteiger partial charge is 0.317 e. The van der Waals surface area contributed by atoms with Crippen molar-refractivity contribution in [1.29, 1.82) is 0 Å². The Bertz CT molecular complexity index is 684. The van der Waals surface area contributed by atoms with E-state index in [2.05, 4.69) is 0 Å². The van der Waals surface area contributed by atoms with Crippen LogP contribution in [0.15, 0.2) is 36.4 Å². The summed E-state index contributed by atoms with van der Waals surface area (Å²) in [5, 5.41) is 2.10. The molecule has 2 rings (SSSR count). The van der Waals surface area contributed by atoms with Gasteiger partial charge in [-0.25, -0.2) is 0 Å². The van der Waals surface area contributed by atoms with E-state index in [1.165, 1.54) is 0 Å². The molecule has 0 aliphatic rings. The van der Waals surface area contributed by atoms with E-state index in [4.69, 9.17) is 9.47 Å². The van der Waals surface area contributed by atoms with Crippen LogP contribution in [0.5, 0.6) is 11.5 Å². The van der Waals surface area contributed by atoms with Crippen LogP contribution in [0, 0.1) is 5.41 Å². The van der Waals surface area contributed by atoms with Gasteiger partial charge in [-0.3, -0.25) is 4.79 Å². The number of rotatable bonds is 6. The van der Waals surface area contributed by atoms with Gasteiger partial charge in [0.2, 0.25) is 0 Å². The average Bonchev–Trinajstić information content (AvgIpc) is 2.53. The molecule has 23 heavy (non-hydrogen) atoms. The van der Waals surface area contributed by atoms with Crippen LogP contribution in [-0.4, -0.2) is 12.1 Å². The van der Waals surface area contributed by atoms with E-state index >= 15 is 0 Å². The minimum atomic E-state index is -0.433. The fourth-order valence-electron chi connectivity index (χ4n) is 2.38. The second-order valence-electron chi connectivity index (χ2n) is 6.49. The van der Waals surface area contributed by atoms with Crippen LogP contribution >= 0.6 is 0 Å². The Labute approximate surface area is 138 Å². The van der Waals surface area contributed by atoms with Crippen molar-refractivity contribution in [3.8, 4) is 11.5 Å². The molecule has 124 valence electrons. The first-order valence-corrected chi connectivity index (χ1v) is 8.30. The van der Waals surface area contributed by atoms with Gasteiger partial charge in [-0.05, 0) is 68.7 Å². The molecule has 0 aliphatic heterocycles. The molecule has 0 aliphatic carbocycles. The second-order valence-corrected chi connectivity index (χ2v) is 6.49. The summed E-state index contributed by atoms with van der Waals surface area (Å²) in [6.45, 7) is 9.98. The number of ether oxygens (including phenoxy) is 2. The lowest BCUT2D eigenvalue weighted by Gasteiger charge is -2.23. The molecule has 0 N–H and O–H groups in total. The fraction of sp³-hybridized carbons (Fsp3) is 0.450. The van der Waals surface area contributed by atoms with Crippen LogP contribution in [0.25, 0.3) is 10.8 Å². The third kappa shape index (κ3) is 4.04. The Balaban J connectivity index is 2.26. The molecule has 0 spiro atoms. The highest BCUT2D eigenvalue weighted by molar-refractivity contribution is 5.86. The second kappa shape index (κ2) is 7.03. The van der Waals surface area contributed by atoms with Crippen LogP contribution in [0.2, 0.25) is 0 Å². The molecule has 3 nitrogen and oxygen atoms in total. The normalized spacial score (nSPS) is 11.7. The number of carbonyl (C=O) groups is 1. The Morgan fingerprint density at radius 3 is 2.13 bits per heavy atom. The van der Waals surface area contributed by atoms with Gasteiger partial charge in [-0.2, -0.15) is 0 Å². The van der Waals surface area contributed by atoms with Gasteiger partial charge in [0.15, 0.2) is 0 Å². The Morgan fingerprint density at radius 1 is 1.00 bits per heavy atom. The molecule has 2 aromatic carbocycles. The summed E-state index contributed by atoms with van der Waals surface area (Å²) in [6.07, 6.45) is 1.66. The molecule has 0 saturated carbocycles. The SMILES string of the molecule is CCC(C)(CC)C(=O)Oc1ccc2ccc(OC(C)C)cc2c1. The largest absolute Gasteiger partial charge is 0.491 e. The summed E-state index contributed by atoms with van der Waals surface area (Å²) in [4.78, 5) is 12.4. The van der Waals surface area contributed by atoms with Crippen LogP contribution < -0.4 is 9.47 Å². The Kier molecular flexibility index (Phi) is 5.30. The number of hydrogen-bond donors (Lipinski definition) is 0. The monoisotopic (exact) mass is 314 g/mol. The summed E-state index contributed by atoms with van der Waals surface area (Å²) < 4.78 is 11.3. The predicted molar refractivity (Wildman–Crippen MR) is 94.0 cm³/mol. The van der Waals surface area contributed by atoms with Crippen LogP contribution in [0.1, 0.15) is 47.5 Å². The minimum Gasteiger partial charge on any atom is -0.491 e. The quantitative estimate of drug-likeness (QED) is 0.532. The molecular formula is C20H26O3. The van der Waals surface area contributed by atoms with E-state index in [1.54, 1.807) is 0 Å². The first-order chi connectivity index (χ1) is 10.9. The van der Waals surface area contributed by atoms with Crippen LogP contribution in [0.3, 0.4) is 0 Å². The molecule has 3 heteroatoms. The van der Waals surface area contributed by atoms with E-state index in [0.29, 0.717) is 5.75 Å². The van der Waals surface area contributed by atoms with Crippen molar-refractivity contribution in [2.24, 2.45) is 5.41 Å². The lowest BCUT2D eigenvalue weighted by molar-refractivity contribution is -0.145. The topological polar surface area (TPSA) is 35.5 Å². The van der Waals surface area contributed by atoms with Crippen LogP contribution in [0.4, 0.5) is 0 Å². The maximum absolute atomic E-state index is 12.4. The molecular weight excluding hydrogens is 288 g/mol. The summed E-state index contributed by atoms with van der Waals surface area (Å²) in [6, 6.07) is 11.7. The maximum atomic E-state index is 12.4. The van der Waals surface area contributed by atoms with E-state index in [-0.39, 0.29) is 12.1 Å². The average molecular weight is 314 g/mol. The van der Waals surface area contributed by atoms with E-state index < -0.39 is 5.41 Å². The van der Waals surface area contributed by atoms with E-state index in [1.807, 2.05) is 71.0 Å².